The van der Waals surface area contributed by atoms with Crippen molar-refractivity contribution in [2.24, 2.45) is 0 Å². The van der Waals surface area contributed by atoms with Crippen LogP contribution in [0, 0.1) is 0 Å². The van der Waals surface area contributed by atoms with Crippen LogP contribution in [0.2, 0.25) is 0 Å². The summed E-state index contributed by atoms with van der Waals surface area (Å²) in [6.07, 6.45) is 2.35. The van der Waals surface area contributed by atoms with Crippen LogP contribution in [-0.2, 0) is 4.79 Å². The molecule has 3 nitrogen and oxygen atoms in total. The van der Waals surface area contributed by atoms with Crippen molar-refractivity contribution >= 4 is 5.91 Å². The first-order valence-corrected chi connectivity index (χ1v) is 4.33. The monoisotopic (exact) mass is 170 g/mol. The van der Waals surface area contributed by atoms with Crippen molar-refractivity contribution in [2.75, 3.05) is 13.1 Å². The van der Waals surface area contributed by atoms with Crippen molar-refractivity contribution in [2.45, 2.75) is 26.3 Å². The molecule has 12 heavy (non-hydrogen) atoms. The predicted molar refractivity (Wildman–Crippen MR) is 51.0 cm³/mol. The summed E-state index contributed by atoms with van der Waals surface area (Å²) in [6.45, 7) is 8.96. The van der Waals surface area contributed by atoms with E-state index < -0.39 is 0 Å². The number of nitrogens with one attached hydrogen (secondary N) is 2. The fourth-order valence-corrected chi connectivity index (χ4v) is 0.782. The molecule has 0 saturated heterocycles. The third-order valence-corrected chi connectivity index (χ3v) is 1.55. The molecule has 0 aromatic carbocycles. The Bertz CT molecular complexity index is 145. The van der Waals surface area contributed by atoms with Crippen molar-refractivity contribution in [3.8, 4) is 0 Å². The lowest BCUT2D eigenvalue weighted by Crippen LogP contribution is -2.30. The van der Waals surface area contributed by atoms with E-state index in [1.54, 1.807) is 0 Å². The fraction of sp³-hybridized carbons (Fsp3) is 0.667. The molecule has 0 spiro atoms. The van der Waals surface area contributed by atoms with Gasteiger partial charge in [0.2, 0.25) is 5.91 Å². The van der Waals surface area contributed by atoms with E-state index in [-0.39, 0.29) is 11.9 Å². The molecule has 70 valence electrons. The molecule has 0 aromatic rings. The lowest BCUT2D eigenvalue weighted by Gasteiger charge is -2.07. The van der Waals surface area contributed by atoms with E-state index in [9.17, 15) is 4.79 Å². The summed E-state index contributed by atoms with van der Waals surface area (Å²) in [5, 5.41) is 5.88. The topological polar surface area (TPSA) is 41.1 Å². The fourth-order valence-electron chi connectivity index (χ4n) is 0.782. The van der Waals surface area contributed by atoms with E-state index >= 15 is 0 Å². The minimum absolute atomic E-state index is 0.0984. The van der Waals surface area contributed by atoms with Gasteiger partial charge in [-0.15, -0.1) is 6.58 Å². The highest BCUT2D eigenvalue weighted by atomic mass is 16.1. The zero-order chi connectivity index (χ0) is 9.40. The number of hydrogen-bond acceptors (Lipinski definition) is 2. The van der Waals surface area contributed by atoms with Gasteiger partial charge in [-0.2, -0.15) is 0 Å². The summed E-state index contributed by atoms with van der Waals surface area (Å²) in [7, 11) is 0. The summed E-state index contributed by atoms with van der Waals surface area (Å²) in [6, 6.07) is 0.277. The smallest absolute Gasteiger partial charge is 0.221 e. The van der Waals surface area contributed by atoms with E-state index in [4.69, 9.17) is 0 Å². The molecule has 3 heteroatoms. The molecule has 1 amide bonds. The number of carbonyl (C=O) groups is 1. The molecule has 0 aliphatic heterocycles. The van der Waals surface area contributed by atoms with Crippen molar-refractivity contribution < 1.29 is 4.79 Å². The minimum atomic E-state index is 0.0984. The van der Waals surface area contributed by atoms with E-state index in [1.807, 2.05) is 19.9 Å². The Kier molecular flexibility index (Phi) is 6.38. The number of rotatable bonds is 6. The summed E-state index contributed by atoms with van der Waals surface area (Å²) in [5.41, 5.74) is 0. The molecule has 0 saturated carbocycles. The largest absolute Gasteiger partial charge is 0.356 e. The first kappa shape index (κ1) is 11.2. The Morgan fingerprint density at radius 3 is 2.83 bits per heavy atom. The Labute approximate surface area is 74.2 Å². The summed E-state index contributed by atoms with van der Waals surface area (Å²) in [5.74, 6) is 0.0984. The van der Waals surface area contributed by atoms with Crippen molar-refractivity contribution in [3.05, 3.63) is 12.7 Å². The van der Waals surface area contributed by atoms with Crippen molar-refractivity contribution in [3.63, 3.8) is 0 Å². The van der Waals surface area contributed by atoms with Gasteiger partial charge >= 0.3 is 0 Å². The quantitative estimate of drug-likeness (QED) is 0.575. The molecule has 0 bridgehead atoms. The molecule has 0 aromatic heterocycles. The van der Waals surface area contributed by atoms with Gasteiger partial charge in [-0.1, -0.05) is 6.08 Å². The molecule has 0 heterocycles. The highest BCUT2D eigenvalue weighted by Gasteiger charge is 1.99. The Balaban J connectivity index is 3.30. The number of hydrogen-bond donors (Lipinski definition) is 2. The van der Waals surface area contributed by atoms with E-state index in [0.717, 1.165) is 0 Å². The summed E-state index contributed by atoms with van der Waals surface area (Å²) in [4.78, 5) is 10.9. The number of amides is 1. The van der Waals surface area contributed by atoms with Crippen LogP contribution in [0.5, 0.6) is 0 Å². The highest BCUT2D eigenvalue weighted by Crippen LogP contribution is 1.83. The molecule has 0 aliphatic rings. The lowest BCUT2D eigenvalue weighted by molar-refractivity contribution is -0.120. The normalized spacial score (nSPS) is 12.2. The van der Waals surface area contributed by atoms with Gasteiger partial charge in [0, 0.05) is 25.6 Å². The van der Waals surface area contributed by atoms with Crippen LogP contribution in [0.3, 0.4) is 0 Å². The summed E-state index contributed by atoms with van der Waals surface area (Å²) < 4.78 is 0. The average Bonchev–Trinajstić information content (AvgIpc) is 2.04. The standard InChI is InChI=1S/C9H18N2O/c1-4-8(3)11-7-6-9(12)10-5-2/h4,8,11H,1,5-7H2,2-3H3,(H,10,12). The Morgan fingerprint density at radius 2 is 2.33 bits per heavy atom. The van der Waals surface area contributed by atoms with Gasteiger partial charge < -0.3 is 10.6 Å². The molecule has 0 fully saturated rings. The van der Waals surface area contributed by atoms with Gasteiger partial charge in [0.25, 0.3) is 0 Å². The summed E-state index contributed by atoms with van der Waals surface area (Å²) >= 11 is 0. The highest BCUT2D eigenvalue weighted by molar-refractivity contribution is 5.75. The van der Waals surface area contributed by atoms with Crippen LogP contribution < -0.4 is 10.6 Å². The zero-order valence-electron chi connectivity index (χ0n) is 7.89. The van der Waals surface area contributed by atoms with Crippen LogP contribution >= 0.6 is 0 Å². The molecular formula is C9H18N2O. The molecule has 2 N–H and O–H groups in total. The van der Waals surface area contributed by atoms with E-state index in [2.05, 4.69) is 17.2 Å². The molecule has 1 unspecified atom stereocenters. The molecule has 0 aliphatic carbocycles. The Morgan fingerprint density at radius 1 is 1.67 bits per heavy atom. The molecule has 0 rings (SSSR count). The first-order valence-electron chi connectivity index (χ1n) is 4.33. The van der Waals surface area contributed by atoms with Crippen molar-refractivity contribution in [1.82, 2.24) is 10.6 Å². The van der Waals surface area contributed by atoms with Gasteiger partial charge in [0.1, 0.15) is 0 Å². The third-order valence-electron chi connectivity index (χ3n) is 1.55. The second-order valence-corrected chi connectivity index (χ2v) is 2.68. The van der Waals surface area contributed by atoms with Crippen LogP contribution in [0.15, 0.2) is 12.7 Å². The van der Waals surface area contributed by atoms with Crippen LogP contribution in [0.1, 0.15) is 20.3 Å². The van der Waals surface area contributed by atoms with Crippen LogP contribution in [0.4, 0.5) is 0 Å². The zero-order valence-corrected chi connectivity index (χ0v) is 7.89. The minimum Gasteiger partial charge on any atom is -0.356 e. The van der Waals surface area contributed by atoms with Gasteiger partial charge in [0.05, 0.1) is 0 Å². The lowest BCUT2D eigenvalue weighted by atomic mass is 10.3. The molecular weight excluding hydrogens is 152 g/mol. The molecule has 0 radical (unpaired) electrons. The maximum Gasteiger partial charge on any atom is 0.221 e. The van der Waals surface area contributed by atoms with Crippen LogP contribution in [0.25, 0.3) is 0 Å². The van der Waals surface area contributed by atoms with Gasteiger partial charge in [-0.3, -0.25) is 4.79 Å². The maximum atomic E-state index is 10.9. The average molecular weight is 170 g/mol. The third kappa shape index (κ3) is 5.92. The Hall–Kier alpha value is -0.830. The van der Waals surface area contributed by atoms with Gasteiger partial charge in [0.15, 0.2) is 0 Å². The van der Waals surface area contributed by atoms with Crippen LogP contribution in [-0.4, -0.2) is 25.0 Å². The number of carbonyl (C=O) groups excluding carboxylic acids is 1. The molecule has 1 atom stereocenters. The predicted octanol–water partition coefficient (Wildman–Crippen LogP) is 0.677. The van der Waals surface area contributed by atoms with E-state index in [1.165, 1.54) is 0 Å². The second-order valence-electron chi connectivity index (χ2n) is 2.68. The SMILES string of the molecule is C=CC(C)NCCC(=O)NCC. The maximum absolute atomic E-state index is 10.9. The van der Waals surface area contributed by atoms with Gasteiger partial charge in [-0.25, -0.2) is 0 Å². The van der Waals surface area contributed by atoms with Crippen molar-refractivity contribution in [1.29, 1.82) is 0 Å². The van der Waals surface area contributed by atoms with E-state index in [0.29, 0.717) is 19.5 Å². The first-order chi connectivity index (χ1) is 5.70. The van der Waals surface area contributed by atoms with Gasteiger partial charge in [-0.05, 0) is 13.8 Å². The second kappa shape index (κ2) is 6.85.